The molecule has 116 valence electrons. The normalized spacial score (nSPS) is 21.5. The average Bonchev–Trinajstić information content (AvgIpc) is 3.10. The molecule has 3 rings (SSSR count). The van der Waals surface area contributed by atoms with E-state index >= 15 is 0 Å². The molecular weight excluding hydrogens is 280 g/mol. The molecule has 0 spiro atoms. The zero-order valence-electron chi connectivity index (χ0n) is 12.6. The first-order valence-corrected chi connectivity index (χ1v) is 7.72. The predicted octanol–water partition coefficient (Wildman–Crippen LogP) is 1.54. The van der Waals surface area contributed by atoms with Crippen LogP contribution in [0.1, 0.15) is 54.8 Å². The summed E-state index contributed by atoms with van der Waals surface area (Å²) in [6.45, 7) is 1.99. The Labute approximate surface area is 129 Å². The Morgan fingerprint density at radius 1 is 1.27 bits per heavy atom. The van der Waals surface area contributed by atoms with Crippen LogP contribution in [0.4, 0.5) is 0 Å². The van der Waals surface area contributed by atoms with E-state index in [1.807, 2.05) is 11.6 Å². The van der Waals surface area contributed by atoms with Crippen LogP contribution in [0.2, 0.25) is 0 Å². The lowest BCUT2D eigenvalue weighted by atomic mass is 9.91. The van der Waals surface area contributed by atoms with Crippen LogP contribution in [0.25, 0.3) is 0 Å². The van der Waals surface area contributed by atoms with Crippen LogP contribution in [0.3, 0.4) is 0 Å². The molecule has 1 fully saturated rings. The Balaban J connectivity index is 1.52. The van der Waals surface area contributed by atoms with Crippen molar-refractivity contribution in [2.45, 2.75) is 51.1 Å². The number of carbonyl (C=O) groups excluding carboxylic acids is 1. The van der Waals surface area contributed by atoms with Gasteiger partial charge in [0, 0.05) is 24.9 Å². The fraction of sp³-hybridized carbons (Fsp3) is 0.533. The van der Waals surface area contributed by atoms with Crippen molar-refractivity contribution < 1.29 is 4.79 Å². The van der Waals surface area contributed by atoms with Crippen LogP contribution >= 0.6 is 0 Å². The van der Waals surface area contributed by atoms with Crippen molar-refractivity contribution in [2.24, 2.45) is 0 Å². The van der Waals surface area contributed by atoms with Gasteiger partial charge in [0.25, 0.3) is 5.91 Å². The summed E-state index contributed by atoms with van der Waals surface area (Å²) in [5, 5.41) is 7.27. The standard InChI is InChI=1S/C15H20N6O/c1-2-14-17-7-11(8-18-14)15(22)20-12-3-5-13(6-4-12)21-10-16-9-19-21/h7-10,12-13H,2-6H2,1H3,(H,20,22). The van der Waals surface area contributed by atoms with Crippen molar-refractivity contribution in [1.82, 2.24) is 30.0 Å². The summed E-state index contributed by atoms with van der Waals surface area (Å²) < 4.78 is 1.91. The Hall–Kier alpha value is -2.31. The number of aromatic nitrogens is 5. The molecule has 2 aromatic rings. The van der Waals surface area contributed by atoms with Crippen molar-refractivity contribution in [1.29, 1.82) is 0 Å². The van der Waals surface area contributed by atoms with Crippen LogP contribution in [-0.2, 0) is 6.42 Å². The third kappa shape index (κ3) is 3.29. The third-order valence-electron chi connectivity index (χ3n) is 4.13. The summed E-state index contributed by atoms with van der Waals surface area (Å²) in [6.07, 6.45) is 11.2. The molecule has 0 saturated heterocycles. The van der Waals surface area contributed by atoms with Gasteiger partial charge in [-0.05, 0) is 25.7 Å². The molecule has 1 aliphatic carbocycles. The molecule has 0 atom stereocenters. The van der Waals surface area contributed by atoms with E-state index in [0.717, 1.165) is 37.9 Å². The molecule has 0 bridgehead atoms. The summed E-state index contributed by atoms with van der Waals surface area (Å²) in [4.78, 5) is 24.5. The van der Waals surface area contributed by atoms with Gasteiger partial charge in [0.05, 0.1) is 11.6 Å². The van der Waals surface area contributed by atoms with E-state index in [0.29, 0.717) is 11.6 Å². The maximum absolute atomic E-state index is 12.2. The first-order chi connectivity index (χ1) is 10.8. The Bertz CT molecular complexity index is 601. The molecular formula is C15H20N6O. The first kappa shape index (κ1) is 14.6. The van der Waals surface area contributed by atoms with Crippen molar-refractivity contribution in [3.05, 3.63) is 36.4 Å². The molecule has 22 heavy (non-hydrogen) atoms. The van der Waals surface area contributed by atoms with Gasteiger partial charge in [-0.2, -0.15) is 5.10 Å². The lowest BCUT2D eigenvalue weighted by molar-refractivity contribution is 0.0921. The second kappa shape index (κ2) is 6.64. The predicted molar refractivity (Wildman–Crippen MR) is 80.2 cm³/mol. The monoisotopic (exact) mass is 300 g/mol. The van der Waals surface area contributed by atoms with Crippen molar-refractivity contribution in [3.63, 3.8) is 0 Å². The number of hydrogen-bond acceptors (Lipinski definition) is 5. The zero-order chi connectivity index (χ0) is 15.4. The Morgan fingerprint density at radius 2 is 2.00 bits per heavy atom. The zero-order valence-corrected chi connectivity index (χ0v) is 12.6. The number of rotatable bonds is 4. The average molecular weight is 300 g/mol. The minimum atomic E-state index is -0.0909. The fourth-order valence-corrected chi connectivity index (χ4v) is 2.81. The molecule has 7 nitrogen and oxygen atoms in total. The molecule has 7 heteroatoms. The van der Waals surface area contributed by atoms with Gasteiger partial charge >= 0.3 is 0 Å². The van der Waals surface area contributed by atoms with Crippen molar-refractivity contribution >= 4 is 5.91 Å². The van der Waals surface area contributed by atoms with Gasteiger partial charge in [-0.15, -0.1) is 0 Å². The number of amides is 1. The van der Waals surface area contributed by atoms with Crippen molar-refractivity contribution in [2.75, 3.05) is 0 Å². The van der Waals surface area contributed by atoms with Gasteiger partial charge in [-0.1, -0.05) is 6.92 Å². The first-order valence-electron chi connectivity index (χ1n) is 7.72. The molecule has 0 radical (unpaired) electrons. The molecule has 1 amide bonds. The van der Waals surface area contributed by atoms with Gasteiger partial charge in [0.2, 0.25) is 0 Å². The summed E-state index contributed by atoms with van der Waals surface area (Å²) in [7, 11) is 0. The second-order valence-electron chi connectivity index (χ2n) is 5.60. The van der Waals surface area contributed by atoms with Gasteiger partial charge in [0.1, 0.15) is 18.5 Å². The van der Waals surface area contributed by atoms with Crippen LogP contribution in [0.5, 0.6) is 0 Å². The lowest BCUT2D eigenvalue weighted by Gasteiger charge is -2.28. The van der Waals surface area contributed by atoms with E-state index in [-0.39, 0.29) is 11.9 Å². The number of nitrogens with zero attached hydrogens (tertiary/aromatic N) is 5. The summed E-state index contributed by atoms with van der Waals surface area (Å²) in [5.41, 5.74) is 0.524. The van der Waals surface area contributed by atoms with E-state index < -0.39 is 0 Å². The fourth-order valence-electron chi connectivity index (χ4n) is 2.81. The minimum Gasteiger partial charge on any atom is -0.349 e. The minimum absolute atomic E-state index is 0.0909. The highest BCUT2D eigenvalue weighted by atomic mass is 16.1. The highest BCUT2D eigenvalue weighted by Gasteiger charge is 2.24. The van der Waals surface area contributed by atoms with E-state index in [4.69, 9.17) is 0 Å². The van der Waals surface area contributed by atoms with E-state index in [1.54, 1.807) is 25.0 Å². The van der Waals surface area contributed by atoms with E-state index in [9.17, 15) is 4.79 Å². The van der Waals surface area contributed by atoms with Crippen LogP contribution < -0.4 is 5.32 Å². The number of nitrogens with one attached hydrogen (secondary N) is 1. The Morgan fingerprint density at radius 3 is 2.59 bits per heavy atom. The highest BCUT2D eigenvalue weighted by Crippen LogP contribution is 2.27. The van der Waals surface area contributed by atoms with Gasteiger partial charge in [0.15, 0.2) is 0 Å². The van der Waals surface area contributed by atoms with Gasteiger partial charge in [-0.3, -0.25) is 4.79 Å². The van der Waals surface area contributed by atoms with Crippen LogP contribution in [-0.4, -0.2) is 36.7 Å². The molecule has 1 saturated carbocycles. The summed E-state index contributed by atoms with van der Waals surface area (Å²) >= 11 is 0. The van der Waals surface area contributed by atoms with Crippen LogP contribution in [0, 0.1) is 0 Å². The Kier molecular flexibility index (Phi) is 4.41. The topological polar surface area (TPSA) is 85.6 Å². The third-order valence-corrected chi connectivity index (χ3v) is 4.13. The van der Waals surface area contributed by atoms with E-state index in [2.05, 4.69) is 25.4 Å². The van der Waals surface area contributed by atoms with Gasteiger partial charge in [-0.25, -0.2) is 19.6 Å². The smallest absolute Gasteiger partial charge is 0.254 e. The van der Waals surface area contributed by atoms with E-state index in [1.165, 1.54) is 0 Å². The van der Waals surface area contributed by atoms with Gasteiger partial charge < -0.3 is 5.32 Å². The number of aryl methyl sites for hydroxylation is 1. The lowest BCUT2D eigenvalue weighted by Crippen LogP contribution is -2.38. The van der Waals surface area contributed by atoms with Crippen LogP contribution in [0.15, 0.2) is 25.0 Å². The molecule has 1 N–H and O–H groups in total. The summed E-state index contributed by atoms with van der Waals surface area (Å²) in [6, 6.07) is 0.598. The quantitative estimate of drug-likeness (QED) is 0.925. The molecule has 0 aromatic carbocycles. The molecule has 0 unspecified atom stereocenters. The highest BCUT2D eigenvalue weighted by molar-refractivity contribution is 5.93. The largest absolute Gasteiger partial charge is 0.349 e. The number of hydrogen-bond donors (Lipinski definition) is 1. The maximum Gasteiger partial charge on any atom is 0.254 e. The molecule has 1 aliphatic rings. The number of carbonyl (C=O) groups is 1. The maximum atomic E-state index is 12.2. The molecule has 2 heterocycles. The molecule has 2 aromatic heterocycles. The second-order valence-corrected chi connectivity index (χ2v) is 5.60. The summed E-state index contributed by atoms with van der Waals surface area (Å²) in [5.74, 6) is 0.664. The SMILES string of the molecule is CCc1ncc(C(=O)NC2CCC(n3cncn3)CC2)cn1. The molecule has 0 aliphatic heterocycles. The van der Waals surface area contributed by atoms with Crippen molar-refractivity contribution in [3.8, 4) is 0 Å².